The van der Waals surface area contributed by atoms with Gasteiger partial charge in [0.1, 0.15) is 10.7 Å². The fraction of sp³-hybridized carbons (Fsp3) is 0.571. The summed E-state index contributed by atoms with van der Waals surface area (Å²) in [5.41, 5.74) is -0.106. The summed E-state index contributed by atoms with van der Waals surface area (Å²) < 4.78 is 46.2. The van der Waals surface area contributed by atoms with E-state index in [2.05, 4.69) is 10.0 Å². The third-order valence-electron chi connectivity index (χ3n) is 3.80. The second kappa shape index (κ2) is 7.70. The van der Waals surface area contributed by atoms with E-state index in [-0.39, 0.29) is 23.8 Å². The highest BCUT2D eigenvalue weighted by atomic mass is 35.5. The zero-order valence-corrected chi connectivity index (χ0v) is 14.3. The average Bonchev–Trinajstić information content (AvgIpc) is 2.89. The van der Waals surface area contributed by atoms with Gasteiger partial charge in [-0.25, -0.2) is 17.5 Å². The Labute approximate surface area is 137 Å². The van der Waals surface area contributed by atoms with Crippen molar-refractivity contribution in [1.29, 1.82) is 0 Å². The Morgan fingerprint density at radius 2 is 2.18 bits per heavy atom. The van der Waals surface area contributed by atoms with E-state index >= 15 is 0 Å². The quantitative estimate of drug-likeness (QED) is 0.816. The maximum Gasteiger partial charge on any atom is 0.243 e. The Bertz CT molecular complexity index is 604. The normalized spacial score (nSPS) is 21.6. The van der Waals surface area contributed by atoms with Crippen molar-refractivity contribution >= 4 is 22.4 Å². The number of nitrogens with one attached hydrogen (secondary N) is 2. The fourth-order valence-corrected chi connectivity index (χ4v) is 3.89. The summed E-state index contributed by atoms with van der Waals surface area (Å²) >= 11 is 0. The average molecular weight is 353 g/mol. The standard InChI is InChI=1S/C14H21FN2O3S.ClH/c1-11-5-3-6-12(13(11)15)21(18,19)17-9-14(10-20-2)7-4-8-16-14;/h3,5-6,16-17H,4,7-10H2,1-2H3;1H. The maximum atomic E-state index is 14.0. The van der Waals surface area contributed by atoms with Crippen LogP contribution in [0.15, 0.2) is 23.1 Å². The van der Waals surface area contributed by atoms with Gasteiger partial charge in [0.2, 0.25) is 10.0 Å². The lowest BCUT2D eigenvalue weighted by molar-refractivity contribution is 0.122. The molecule has 0 saturated carbocycles. The molecule has 0 amide bonds. The van der Waals surface area contributed by atoms with Crippen molar-refractivity contribution in [1.82, 2.24) is 10.0 Å². The molecule has 0 spiro atoms. The molecule has 1 aliphatic heterocycles. The molecule has 1 saturated heterocycles. The Morgan fingerprint density at radius 3 is 2.77 bits per heavy atom. The third kappa shape index (κ3) is 4.17. The second-order valence-corrected chi connectivity index (χ2v) is 7.19. The molecule has 0 radical (unpaired) electrons. The van der Waals surface area contributed by atoms with Gasteiger partial charge in [0.05, 0.1) is 12.1 Å². The first kappa shape index (κ1) is 19.3. The van der Waals surface area contributed by atoms with Crippen LogP contribution < -0.4 is 10.0 Å². The minimum absolute atomic E-state index is 0. The molecule has 1 unspecified atom stereocenters. The van der Waals surface area contributed by atoms with Gasteiger partial charge in [-0.05, 0) is 37.9 Å². The molecule has 5 nitrogen and oxygen atoms in total. The number of sulfonamides is 1. The molecule has 0 aromatic heterocycles. The van der Waals surface area contributed by atoms with Gasteiger partial charge in [0, 0.05) is 13.7 Å². The predicted molar refractivity (Wildman–Crippen MR) is 85.4 cm³/mol. The number of benzene rings is 1. The van der Waals surface area contributed by atoms with Gasteiger partial charge in [-0.15, -0.1) is 12.4 Å². The van der Waals surface area contributed by atoms with Crippen molar-refractivity contribution in [2.45, 2.75) is 30.2 Å². The summed E-state index contributed by atoms with van der Waals surface area (Å²) in [6.07, 6.45) is 1.78. The molecule has 1 aliphatic rings. The van der Waals surface area contributed by atoms with Gasteiger partial charge in [-0.3, -0.25) is 0 Å². The summed E-state index contributed by atoms with van der Waals surface area (Å²) in [6.45, 7) is 2.95. The van der Waals surface area contributed by atoms with Crippen molar-refractivity contribution < 1.29 is 17.5 Å². The van der Waals surface area contributed by atoms with Crippen molar-refractivity contribution in [2.24, 2.45) is 0 Å². The van der Waals surface area contributed by atoms with E-state index < -0.39 is 21.4 Å². The van der Waals surface area contributed by atoms with Crippen molar-refractivity contribution in [3.05, 3.63) is 29.6 Å². The Kier molecular flexibility index (Phi) is 6.76. The van der Waals surface area contributed by atoms with Crippen LogP contribution >= 0.6 is 12.4 Å². The minimum atomic E-state index is -3.88. The number of aryl methyl sites for hydroxylation is 1. The molecule has 126 valence electrons. The first-order valence-electron chi connectivity index (χ1n) is 6.89. The molecule has 1 fully saturated rings. The van der Waals surface area contributed by atoms with Crippen LogP contribution in [-0.2, 0) is 14.8 Å². The maximum absolute atomic E-state index is 14.0. The molecule has 0 aliphatic carbocycles. The topological polar surface area (TPSA) is 67.4 Å². The van der Waals surface area contributed by atoms with E-state index in [9.17, 15) is 12.8 Å². The fourth-order valence-electron chi connectivity index (χ4n) is 2.61. The van der Waals surface area contributed by atoms with E-state index in [0.29, 0.717) is 12.2 Å². The van der Waals surface area contributed by atoms with Crippen LogP contribution in [0.25, 0.3) is 0 Å². The minimum Gasteiger partial charge on any atom is -0.383 e. The molecule has 2 N–H and O–H groups in total. The van der Waals surface area contributed by atoms with Crippen LogP contribution in [0.5, 0.6) is 0 Å². The van der Waals surface area contributed by atoms with E-state index in [0.717, 1.165) is 19.4 Å². The molecular weight excluding hydrogens is 331 g/mol. The lowest BCUT2D eigenvalue weighted by atomic mass is 9.99. The van der Waals surface area contributed by atoms with Crippen LogP contribution in [0.2, 0.25) is 0 Å². The van der Waals surface area contributed by atoms with Crippen molar-refractivity contribution in [3.63, 3.8) is 0 Å². The SMILES string of the molecule is COCC1(CNS(=O)(=O)c2cccc(C)c2F)CCCN1.Cl. The molecule has 1 aromatic carbocycles. The van der Waals surface area contributed by atoms with E-state index in [1.165, 1.54) is 12.1 Å². The van der Waals surface area contributed by atoms with Gasteiger partial charge in [-0.1, -0.05) is 12.1 Å². The highest BCUT2D eigenvalue weighted by Gasteiger charge is 2.35. The molecule has 22 heavy (non-hydrogen) atoms. The summed E-state index contributed by atoms with van der Waals surface area (Å²) in [5.74, 6) is -0.704. The molecule has 0 bridgehead atoms. The third-order valence-corrected chi connectivity index (χ3v) is 5.22. The molecule has 2 rings (SSSR count). The van der Waals surface area contributed by atoms with Crippen LogP contribution in [0, 0.1) is 12.7 Å². The molecule has 8 heteroatoms. The zero-order valence-electron chi connectivity index (χ0n) is 12.7. The largest absolute Gasteiger partial charge is 0.383 e. The number of hydrogen-bond donors (Lipinski definition) is 2. The van der Waals surface area contributed by atoms with Crippen LogP contribution in [0.1, 0.15) is 18.4 Å². The van der Waals surface area contributed by atoms with Crippen LogP contribution in [0.4, 0.5) is 4.39 Å². The smallest absolute Gasteiger partial charge is 0.243 e. The predicted octanol–water partition coefficient (Wildman–Crippen LogP) is 1.60. The first-order valence-corrected chi connectivity index (χ1v) is 8.37. The van der Waals surface area contributed by atoms with E-state index in [1.807, 2.05) is 0 Å². The van der Waals surface area contributed by atoms with Gasteiger partial charge in [0.15, 0.2) is 0 Å². The molecule has 1 aromatic rings. The monoisotopic (exact) mass is 352 g/mol. The summed E-state index contributed by atoms with van der Waals surface area (Å²) in [6, 6.07) is 4.35. The lowest BCUT2D eigenvalue weighted by Gasteiger charge is -2.28. The molecule has 1 heterocycles. The molecular formula is C14H22ClFN2O3S. The Hall–Kier alpha value is -0.730. The van der Waals surface area contributed by atoms with E-state index in [1.54, 1.807) is 20.1 Å². The van der Waals surface area contributed by atoms with Gasteiger partial charge < -0.3 is 10.1 Å². The number of hydrogen-bond acceptors (Lipinski definition) is 4. The summed E-state index contributed by atoms with van der Waals surface area (Å²) in [5, 5.41) is 3.28. The van der Waals surface area contributed by atoms with Crippen LogP contribution in [-0.4, -0.2) is 40.8 Å². The number of methoxy groups -OCH3 is 1. The van der Waals surface area contributed by atoms with Gasteiger partial charge >= 0.3 is 0 Å². The van der Waals surface area contributed by atoms with Gasteiger partial charge in [0.25, 0.3) is 0 Å². The number of rotatable bonds is 6. The summed E-state index contributed by atoms with van der Waals surface area (Å²) in [4.78, 5) is -0.312. The number of halogens is 2. The second-order valence-electron chi connectivity index (χ2n) is 5.46. The highest BCUT2D eigenvalue weighted by Crippen LogP contribution is 2.21. The zero-order chi connectivity index (χ0) is 15.5. The van der Waals surface area contributed by atoms with Crippen LogP contribution in [0.3, 0.4) is 0 Å². The first-order chi connectivity index (χ1) is 9.90. The number of ether oxygens (including phenoxy) is 1. The van der Waals surface area contributed by atoms with E-state index in [4.69, 9.17) is 4.74 Å². The van der Waals surface area contributed by atoms with Gasteiger partial charge in [-0.2, -0.15) is 0 Å². The Morgan fingerprint density at radius 1 is 1.45 bits per heavy atom. The Balaban J connectivity index is 0.00000242. The molecule has 1 atom stereocenters. The van der Waals surface area contributed by atoms with Crippen molar-refractivity contribution in [3.8, 4) is 0 Å². The highest BCUT2D eigenvalue weighted by molar-refractivity contribution is 7.89. The van der Waals surface area contributed by atoms with Crippen molar-refractivity contribution in [2.75, 3.05) is 26.8 Å². The lowest BCUT2D eigenvalue weighted by Crippen LogP contribution is -2.52. The summed E-state index contributed by atoms with van der Waals surface area (Å²) in [7, 11) is -2.30.